The van der Waals surface area contributed by atoms with Crippen LogP contribution in [0.4, 0.5) is 0 Å². The van der Waals surface area contributed by atoms with Gasteiger partial charge in [-0.1, -0.05) is 35.3 Å². The maximum atomic E-state index is 6.01. The van der Waals surface area contributed by atoms with Gasteiger partial charge in [-0.2, -0.15) is 0 Å². The molecular weight excluding hydrogens is 207 g/mol. The van der Waals surface area contributed by atoms with Crippen molar-refractivity contribution in [3.63, 3.8) is 0 Å². The SMILES string of the molecule is Clc1cccc(-c2ccoc2)c1Cl. The van der Waals surface area contributed by atoms with Gasteiger partial charge in [-0.05, 0) is 12.1 Å². The Labute approximate surface area is 85.9 Å². The Morgan fingerprint density at radius 3 is 2.62 bits per heavy atom. The highest BCUT2D eigenvalue weighted by atomic mass is 35.5. The molecule has 0 fully saturated rings. The molecule has 0 saturated carbocycles. The first-order valence-corrected chi connectivity index (χ1v) is 4.51. The van der Waals surface area contributed by atoms with E-state index in [4.69, 9.17) is 27.6 Å². The number of halogens is 2. The van der Waals surface area contributed by atoms with E-state index < -0.39 is 0 Å². The van der Waals surface area contributed by atoms with Gasteiger partial charge in [-0.15, -0.1) is 0 Å². The van der Waals surface area contributed by atoms with Crippen molar-refractivity contribution < 1.29 is 4.42 Å². The fourth-order valence-corrected chi connectivity index (χ4v) is 1.55. The van der Waals surface area contributed by atoms with Crippen LogP contribution in [0.2, 0.25) is 10.0 Å². The third kappa shape index (κ3) is 1.58. The molecule has 0 atom stereocenters. The summed E-state index contributed by atoms with van der Waals surface area (Å²) in [6.07, 6.45) is 3.24. The van der Waals surface area contributed by atoms with Crippen molar-refractivity contribution in [3.8, 4) is 11.1 Å². The maximum Gasteiger partial charge on any atom is 0.0981 e. The first-order chi connectivity index (χ1) is 6.29. The molecule has 0 radical (unpaired) electrons. The lowest BCUT2D eigenvalue weighted by Gasteiger charge is -2.01. The van der Waals surface area contributed by atoms with Gasteiger partial charge in [-0.3, -0.25) is 0 Å². The highest BCUT2D eigenvalue weighted by Crippen LogP contribution is 2.33. The third-order valence-electron chi connectivity index (χ3n) is 1.78. The molecule has 0 N–H and O–H groups in total. The summed E-state index contributed by atoms with van der Waals surface area (Å²) in [5.74, 6) is 0. The molecule has 0 saturated heterocycles. The normalized spacial score (nSPS) is 10.3. The Kier molecular flexibility index (Phi) is 2.30. The van der Waals surface area contributed by atoms with E-state index in [0.717, 1.165) is 11.1 Å². The van der Waals surface area contributed by atoms with E-state index in [1.165, 1.54) is 0 Å². The number of benzene rings is 1. The van der Waals surface area contributed by atoms with E-state index in [2.05, 4.69) is 0 Å². The minimum absolute atomic E-state index is 0.556. The van der Waals surface area contributed by atoms with Crippen molar-refractivity contribution in [1.82, 2.24) is 0 Å². The van der Waals surface area contributed by atoms with Gasteiger partial charge in [0.1, 0.15) is 0 Å². The molecule has 0 aliphatic carbocycles. The summed E-state index contributed by atoms with van der Waals surface area (Å²) in [6.45, 7) is 0. The van der Waals surface area contributed by atoms with Gasteiger partial charge in [0.05, 0.1) is 22.6 Å². The predicted octanol–water partition coefficient (Wildman–Crippen LogP) is 4.25. The Bertz CT molecular complexity index is 407. The molecule has 0 bridgehead atoms. The third-order valence-corrected chi connectivity index (χ3v) is 2.60. The van der Waals surface area contributed by atoms with Gasteiger partial charge in [-0.25, -0.2) is 0 Å². The van der Waals surface area contributed by atoms with E-state index in [-0.39, 0.29) is 0 Å². The molecular formula is C10H6Cl2O. The Hall–Kier alpha value is -0.920. The molecule has 2 aromatic rings. The number of furan rings is 1. The summed E-state index contributed by atoms with van der Waals surface area (Å²) in [4.78, 5) is 0. The van der Waals surface area contributed by atoms with Crippen molar-refractivity contribution in [2.24, 2.45) is 0 Å². The minimum Gasteiger partial charge on any atom is -0.472 e. The molecule has 66 valence electrons. The second kappa shape index (κ2) is 3.44. The molecule has 0 aliphatic heterocycles. The van der Waals surface area contributed by atoms with Gasteiger partial charge in [0, 0.05) is 11.1 Å². The molecule has 1 aromatic carbocycles. The van der Waals surface area contributed by atoms with E-state index in [1.807, 2.05) is 18.2 Å². The molecule has 1 nitrogen and oxygen atoms in total. The van der Waals surface area contributed by atoms with Crippen molar-refractivity contribution in [2.75, 3.05) is 0 Å². The van der Waals surface area contributed by atoms with Crippen molar-refractivity contribution >= 4 is 23.2 Å². The average Bonchev–Trinajstić information content (AvgIpc) is 2.62. The van der Waals surface area contributed by atoms with Gasteiger partial charge < -0.3 is 4.42 Å². The monoisotopic (exact) mass is 212 g/mol. The summed E-state index contributed by atoms with van der Waals surface area (Å²) in [7, 11) is 0. The molecule has 3 heteroatoms. The minimum atomic E-state index is 0.556. The summed E-state index contributed by atoms with van der Waals surface area (Å²) < 4.78 is 4.96. The highest BCUT2D eigenvalue weighted by molar-refractivity contribution is 6.43. The molecule has 2 rings (SSSR count). The predicted molar refractivity (Wildman–Crippen MR) is 54.2 cm³/mol. The van der Waals surface area contributed by atoms with E-state index in [1.54, 1.807) is 18.6 Å². The van der Waals surface area contributed by atoms with Crippen LogP contribution in [0.25, 0.3) is 11.1 Å². The van der Waals surface area contributed by atoms with Crippen LogP contribution in [-0.4, -0.2) is 0 Å². The summed E-state index contributed by atoms with van der Waals surface area (Å²) in [6, 6.07) is 7.36. The smallest absolute Gasteiger partial charge is 0.0981 e. The number of rotatable bonds is 1. The molecule has 0 spiro atoms. The molecule has 0 unspecified atom stereocenters. The van der Waals surface area contributed by atoms with Crippen LogP contribution >= 0.6 is 23.2 Å². The topological polar surface area (TPSA) is 13.1 Å². The highest BCUT2D eigenvalue weighted by Gasteiger charge is 2.06. The van der Waals surface area contributed by atoms with Crippen LogP contribution in [0.1, 0.15) is 0 Å². The number of hydrogen-bond donors (Lipinski definition) is 0. The van der Waals surface area contributed by atoms with E-state index >= 15 is 0 Å². The first-order valence-electron chi connectivity index (χ1n) is 3.75. The molecule has 13 heavy (non-hydrogen) atoms. The molecule has 1 heterocycles. The Balaban J connectivity index is 2.59. The van der Waals surface area contributed by atoms with Crippen molar-refractivity contribution in [2.45, 2.75) is 0 Å². The Morgan fingerprint density at radius 2 is 1.92 bits per heavy atom. The fraction of sp³-hybridized carbons (Fsp3) is 0. The lowest BCUT2D eigenvalue weighted by molar-refractivity contribution is 0.568. The lowest BCUT2D eigenvalue weighted by atomic mass is 10.1. The molecule has 0 aliphatic rings. The van der Waals surface area contributed by atoms with Gasteiger partial charge >= 0.3 is 0 Å². The second-order valence-electron chi connectivity index (χ2n) is 2.61. The van der Waals surface area contributed by atoms with Crippen LogP contribution < -0.4 is 0 Å². The van der Waals surface area contributed by atoms with Crippen LogP contribution in [0.15, 0.2) is 41.2 Å². The zero-order chi connectivity index (χ0) is 9.26. The standard InChI is InChI=1S/C10H6Cl2O/c11-9-3-1-2-8(10(9)12)7-4-5-13-6-7/h1-6H. The van der Waals surface area contributed by atoms with E-state index in [9.17, 15) is 0 Å². The van der Waals surface area contributed by atoms with Crippen molar-refractivity contribution in [1.29, 1.82) is 0 Å². The summed E-state index contributed by atoms with van der Waals surface area (Å²) in [5, 5.41) is 1.12. The first kappa shape index (κ1) is 8.67. The molecule has 0 amide bonds. The Morgan fingerprint density at radius 1 is 1.08 bits per heavy atom. The van der Waals surface area contributed by atoms with Crippen LogP contribution in [0.5, 0.6) is 0 Å². The fourth-order valence-electron chi connectivity index (χ4n) is 1.14. The van der Waals surface area contributed by atoms with Gasteiger partial charge in [0.15, 0.2) is 0 Å². The van der Waals surface area contributed by atoms with Gasteiger partial charge in [0.2, 0.25) is 0 Å². The van der Waals surface area contributed by atoms with Gasteiger partial charge in [0.25, 0.3) is 0 Å². The largest absolute Gasteiger partial charge is 0.472 e. The number of hydrogen-bond acceptors (Lipinski definition) is 1. The maximum absolute atomic E-state index is 6.01. The quantitative estimate of drug-likeness (QED) is 0.689. The van der Waals surface area contributed by atoms with Crippen molar-refractivity contribution in [3.05, 3.63) is 46.8 Å². The average molecular weight is 213 g/mol. The second-order valence-corrected chi connectivity index (χ2v) is 3.40. The van der Waals surface area contributed by atoms with Crippen LogP contribution in [0, 0.1) is 0 Å². The lowest BCUT2D eigenvalue weighted by Crippen LogP contribution is -1.76. The zero-order valence-corrected chi connectivity index (χ0v) is 8.14. The van der Waals surface area contributed by atoms with Crippen LogP contribution in [-0.2, 0) is 0 Å². The summed E-state index contributed by atoms with van der Waals surface area (Å²) in [5.41, 5.74) is 1.83. The summed E-state index contributed by atoms with van der Waals surface area (Å²) >= 11 is 11.9. The molecule has 1 aromatic heterocycles. The zero-order valence-electron chi connectivity index (χ0n) is 6.63. The van der Waals surface area contributed by atoms with Crippen LogP contribution in [0.3, 0.4) is 0 Å². The van der Waals surface area contributed by atoms with E-state index in [0.29, 0.717) is 10.0 Å².